The highest BCUT2D eigenvalue weighted by atomic mass is 28.3. The Morgan fingerprint density at radius 3 is 0.815 bits per heavy atom. The summed E-state index contributed by atoms with van der Waals surface area (Å²) in [5, 5.41) is 21.1. The highest BCUT2D eigenvalue weighted by molar-refractivity contribution is 7.14. The van der Waals surface area contributed by atoms with Gasteiger partial charge in [0.15, 0.2) is 42.8 Å². The number of aryl methyl sites for hydroxylation is 8. The van der Waals surface area contributed by atoms with Crippen LogP contribution in [-0.4, -0.2) is 24.2 Å². The molecule has 108 heavy (non-hydrogen) atoms. The van der Waals surface area contributed by atoms with Gasteiger partial charge in [-0.2, -0.15) is 0 Å². The Hall–Kier alpha value is -10.5. The zero-order chi connectivity index (χ0) is 76.5. The topological polar surface area (TPSA) is 11.6 Å². The van der Waals surface area contributed by atoms with Crippen LogP contribution in [0.1, 0.15) is 95.7 Å². The third-order valence-electron chi connectivity index (χ3n) is 23.4. The first-order valence-electron chi connectivity index (χ1n) is 38.6. The van der Waals surface area contributed by atoms with Crippen LogP contribution in [0.2, 0.25) is 15.1 Å². The van der Waals surface area contributed by atoms with Crippen LogP contribution < -0.4 is 60.4 Å². The normalized spacial score (nSPS) is 12.2. The second-order valence-electron chi connectivity index (χ2n) is 33.3. The van der Waals surface area contributed by atoms with Gasteiger partial charge in [0.2, 0.25) is 17.1 Å². The van der Waals surface area contributed by atoms with E-state index in [2.05, 4.69) is 467 Å². The third kappa shape index (κ3) is 13.8. The van der Waals surface area contributed by atoms with Gasteiger partial charge in [-0.3, -0.25) is 0 Å². The molecule has 6 heteroatoms. The largest absolute Gasteiger partial charge is 0.220 e. The van der Waals surface area contributed by atoms with Crippen LogP contribution >= 0.6 is 0 Å². The van der Waals surface area contributed by atoms with Crippen LogP contribution in [0.5, 0.6) is 0 Å². The molecule has 0 aliphatic carbocycles. The molecule has 3 heterocycles. The third-order valence-corrected chi connectivity index (χ3v) is 40.9. The number of hydrogen-bond donors (Lipinski definition) is 0. The van der Waals surface area contributed by atoms with E-state index in [1.54, 1.807) is 0 Å². The molecule has 0 unspecified atom stereocenters. The van der Waals surface area contributed by atoms with E-state index in [0.29, 0.717) is 0 Å². The monoisotopic (exact) mass is 1460 g/mol. The maximum atomic E-state index is 2.49. The summed E-state index contributed by atoms with van der Waals surface area (Å²) < 4.78 is 6.81. The van der Waals surface area contributed by atoms with Crippen molar-refractivity contribution in [2.75, 3.05) is 0 Å². The minimum atomic E-state index is -2.39. The van der Waals surface area contributed by atoms with Gasteiger partial charge in [-0.25, -0.2) is 13.7 Å². The summed E-state index contributed by atoms with van der Waals surface area (Å²) in [7, 11) is -0.661. The van der Waals surface area contributed by atoms with Crippen molar-refractivity contribution in [3.63, 3.8) is 0 Å². The van der Waals surface area contributed by atoms with Gasteiger partial charge in [0.1, 0.15) is 21.1 Å². The lowest BCUT2D eigenvalue weighted by atomic mass is 9.94. The van der Waals surface area contributed by atoms with Crippen LogP contribution in [0, 0.1) is 41.5 Å². The molecule has 15 aromatic rings. The quantitative estimate of drug-likeness (QED) is 0.0656. The molecule has 0 atom stereocenters. The molecule has 3 nitrogen and oxygen atoms in total. The molecule has 0 saturated heterocycles. The predicted molar refractivity (Wildman–Crippen MR) is 472 cm³/mol. The van der Waals surface area contributed by atoms with E-state index in [9.17, 15) is 0 Å². The number of aromatic nitrogens is 3. The first-order valence-corrected chi connectivity index (χ1v) is 44.6. The Kier molecular flexibility index (Phi) is 21.5. The first-order chi connectivity index (χ1) is 51.7. The number of benzene rings is 12. The Labute approximate surface area is 647 Å². The van der Waals surface area contributed by atoms with Crippen molar-refractivity contribution in [2.45, 2.75) is 119 Å². The predicted octanol–water partition coefficient (Wildman–Crippen LogP) is 18.7. The second-order valence-corrected chi connectivity index (χ2v) is 47.5. The molecule has 0 N–H and O–H groups in total. The van der Waals surface area contributed by atoms with Gasteiger partial charge in [-0.15, -0.1) is 0 Å². The molecule has 12 aromatic carbocycles. The molecule has 0 aliphatic heterocycles. The number of nitrogens with zero attached hydrogens (tertiary/aromatic N) is 3. The van der Waals surface area contributed by atoms with E-state index in [4.69, 9.17) is 0 Å². The average molecular weight is 1460 g/mol. The summed E-state index contributed by atoms with van der Waals surface area (Å²) >= 11 is 0. The molecule has 0 amide bonds. The lowest BCUT2D eigenvalue weighted by Gasteiger charge is -2.44. The standard InChI is InChI=1S/C35H38NSi.C34H36NSi.C33H34NSi/c1-25-22-26(2)27(3)33(23-25)34-32-19-18-31(24-28(32)20-21-36(34)7)37(35(4,5)6,29-14-10-8-11-15-29)30-16-12-9-13-17-30;1-25-17-18-26(2)32(23-25)33-31-20-19-30(24-27(31)21-22-35(33)6)36(34(3,4)5,28-13-9-7-10-14-28)29-15-11-8-12-16-29;1-25-14-12-13-19-30(25)32-31-21-20-29(24-26(31)22-23-34(32)5)35(33(2,3)4,27-15-8-6-9-16-27)28-17-10-7-11-18-28/h8-24H,1-7H3;7-24H,1-6H3;6-24H,1-5H3/q3*+1. The summed E-state index contributed by atoms with van der Waals surface area (Å²) in [6, 6.07) is 116. The van der Waals surface area contributed by atoms with Gasteiger partial charge >= 0.3 is 0 Å². The molecule has 540 valence electrons. The fraction of sp³-hybridized carbons (Fsp3) is 0.206. The zero-order valence-corrected chi connectivity index (χ0v) is 70.0. The smallest absolute Gasteiger partial charge is 0.200 e. The highest BCUT2D eigenvalue weighted by Gasteiger charge is 2.52. The lowest BCUT2D eigenvalue weighted by Crippen LogP contribution is -2.72. The summed E-state index contributed by atoms with van der Waals surface area (Å²) in [5.41, 5.74) is 15.7. The van der Waals surface area contributed by atoms with Gasteiger partial charge in [0.05, 0.1) is 21.7 Å². The van der Waals surface area contributed by atoms with Crippen LogP contribution in [0.25, 0.3) is 66.1 Å². The molecule has 0 fully saturated rings. The van der Waals surface area contributed by atoms with Crippen molar-refractivity contribution in [3.8, 4) is 33.8 Å². The van der Waals surface area contributed by atoms with Gasteiger partial charge in [0.25, 0.3) is 0 Å². The van der Waals surface area contributed by atoms with Gasteiger partial charge in [-0.05, 0) is 178 Å². The average Bonchev–Trinajstić information content (AvgIpc) is 0.729. The maximum absolute atomic E-state index is 2.49. The van der Waals surface area contributed by atoms with Gasteiger partial charge in [-0.1, -0.05) is 328 Å². The fourth-order valence-corrected chi connectivity index (χ4v) is 35.5. The van der Waals surface area contributed by atoms with E-state index >= 15 is 0 Å². The molecule has 3 aromatic heterocycles. The SMILES string of the molecule is Cc1cc(C)c(C)c(-c2c3ccc([Si](c4ccccc4)(c4ccccc4)C(C)(C)C)cc3cc[n+]2C)c1.Cc1ccc(C)c(-c2c3ccc([Si](c4ccccc4)(c4ccccc4)C(C)(C)C)cc3cc[n+]2C)c1.Cc1ccccc1-c1c2ccc([Si](c3ccccc3)(c3ccccc3)C(C)(C)C)cc2cc[n+]1C. The molecule has 0 saturated carbocycles. The van der Waals surface area contributed by atoms with Crippen molar-refractivity contribution >= 4 is 103 Å². The van der Waals surface area contributed by atoms with Crippen molar-refractivity contribution in [1.29, 1.82) is 0 Å². The molecule has 0 radical (unpaired) electrons. The van der Waals surface area contributed by atoms with Crippen LogP contribution in [0.3, 0.4) is 0 Å². The van der Waals surface area contributed by atoms with Crippen molar-refractivity contribution < 1.29 is 13.7 Å². The summed E-state index contributed by atoms with van der Waals surface area (Å²) in [4.78, 5) is 0. The van der Waals surface area contributed by atoms with Crippen LogP contribution in [-0.2, 0) is 21.1 Å². The maximum Gasteiger partial charge on any atom is 0.220 e. The number of rotatable bonds is 12. The lowest BCUT2D eigenvalue weighted by molar-refractivity contribution is -0.659. The summed E-state index contributed by atoms with van der Waals surface area (Å²) in [6.07, 6.45) is 6.65. The number of pyridine rings is 3. The molecule has 0 bridgehead atoms. The fourth-order valence-electron chi connectivity index (χ4n) is 18.5. The Balaban J connectivity index is 0.000000143. The van der Waals surface area contributed by atoms with E-state index in [1.807, 2.05) is 0 Å². The molecule has 15 rings (SSSR count). The Morgan fingerprint density at radius 2 is 0.500 bits per heavy atom. The van der Waals surface area contributed by atoms with E-state index in [0.717, 1.165) is 0 Å². The highest BCUT2D eigenvalue weighted by Crippen LogP contribution is 2.41. The van der Waals surface area contributed by atoms with Crippen molar-refractivity contribution in [3.05, 3.63) is 361 Å². The zero-order valence-electron chi connectivity index (χ0n) is 67.0. The van der Waals surface area contributed by atoms with Crippen LogP contribution in [0.4, 0.5) is 0 Å². The Bertz CT molecular complexity index is 5600. The minimum Gasteiger partial charge on any atom is -0.200 e. The van der Waals surface area contributed by atoms with E-state index in [1.165, 1.54) is 146 Å². The molecular weight excluding hydrogens is 1350 g/mol. The molecule has 0 spiro atoms. The van der Waals surface area contributed by atoms with Gasteiger partial charge < -0.3 is 0 Å². The molecule has 0 aliphatic rings. The minimum absolute atomic E-state index is 0.0654. The number of hydrogen-bond acceptors (Lipinski definition) is 0. The number of fused-ring (bicyclic) bond motifs is 3. The molecular formula is C102H108N3Si3+3. The van der Waals surface area contributed by atoms with E-state index in [-0.39, 0.29) is 15.1 Å². The Morgan fingerprint density at radius 1 is 0.222 bits per heavy atom. The first kappa shape index (κ1) is 75.7. The van der Waals surface area contributed by atoms with Crippen molar-refractivity contribution in [2.24, 2.45) is 21.1 Å². The van der Waals surface area contributed by atoms with Crippen LogP contribution in [0.15, 0.2) is 328 Å². The summed E-state index contributed by atoms with van der Waals surface area (Å²) in [5.74, 6) is 0. The second kappa shape index (κ2) is 30.6. The van der Waals surface area contributed by atoms with Gasteiger partial charge in [0, 0.05) is 29.3 Å². The van der Waals surface area contributed by atoms with Crippen molar-refractivity contribution in [1.82, 2.24) is 0 Å². The van der Waals surface area contributed by atoms with E-state index < -0.39 is 24.2 Å². The summed E-state index contributed by atoms with van der Waals surface area (Å²) in [6.45, 7) is 35.1.